The Morgan fingerprint density at radius 2 is 1.68 bits per heavy atom. The second-order valence-corrected chi connectivity index (χ2v) is 12.7. The van der Waals surface area contributed by atoms with Crippen LogP contribution in [0.2, 0.25) is 5.02 Å². The monoisotopic (exact) mass is 596 g/mol. The van der Waals surface area contributed by atoms with E-state index in [0.29, 0.717) is 28.6 Å². The van der Waals surface area contributed by atoms with Gasteiger partial charge < -0.3 is 20.4 Å². The standard InChI is InChI=1S/C29H40ClF3N6O2/c1-17-5-4-6-22(11-17)37-9-7-21(8-10-37)38-14-19(3)39(15-18(38)2)28-23(30)12-20(13-34-28)36-25-24(26(40)27(25)41)35-16-29(31,32)33/h12-13,17-19,21-22,35-36H,4-11,14-16H2,1-3H3/t17?,18-,19+,22?/m1/s1. The van der Waals surface area contributed by atoms with Gasteiger partial charge in [-0.05, 0) is 64.6 Å². The molecule has 5 rings (SSSR count). The molecule has 1 aliphatic carbocycles. The molecule has 3 heterocycles. The third-order valence-corrected chi connectivity index (χ3v) is 9.44. The first-order chi connectivity index (χ1) is 19.4. The lowest BCUT2D eigenvalue weighted by molar-refractivity contribution is -0.115. The van der Waals surface area contributed by atoms with Crippen molar-refractivity contribution in [1.29, 1.82) is 0 Å². The van der Waals surface area contributed by atoms with Crippen LogP contribution in [0.15, 0.2) is 21.9 Å². The maximum Gasteiger partial charge on any atom is 0.405 e. The van der Waals surface area contributed by atoms with Crippen LogP contribution in [-0.4, -0.2) is 77.9 Å². The van der Waals surface area contributed by atoms with Crippen LogP contribution in [0, 0.1) is 5.92 Å². The lowest BCUT2D eigenvalue weighted by Crippen LogP contribution is -2.61. The first-order valence-electron chi connectivity index (χ1n) is 14.7. The smallest absolute Gasteiger partial charge is 0.371 e. The maximum atomic E-state index is 12.6. The SMILES string of the molecule is CC1CCCC(N2CCC(N3C[C@H](C)N(c4ncc(Nc5c(NCC(F)(F)F)c(=O)c5=O)cc4Cl)C[C@H]3C)CC2)C1. The van der Waals surface area contributed by atoms with E-state index in [9.17, 15) is 22.8 Å². The molecule has 0 radical (unpaired) electrons. The number of anilines is 4. The molecule has 41 heavy (non-hydrogen) atoms. The van der Waals surface area contributed by atoms with Crippen LogP contribution < -0.4 is 26.4 Å². The van der Waals surface area contributed by atoms with Crippen molar-refractivity contribution in [3.05, 3.63) is 37.7 Å². The molecule has 0 bridgehead atoms. The first-order valence-corrected chi connectivity index (χ1v) is 15.1. The molecule has 4 atom stereocenters. The van der Waals surface area contributed by atoms with Crippen molar-refractivity contribution >= 4 is 34.5 Å². The van der Waals surface area contributed by atoms with Crippen LogP contribution in [0.4, 0.5) is 36.1 Å². The molecule has 0 amide bonds. The minimum atomic E-state index is -4.52. The van der Waals surface area contributed by atoms with E-state index in [2.05, 4.69) is 45.8 Å². The number of rotatable bonds is 7. The molecule has 3 aliphatic rings. The van der Waals surface area contributed by atoms with E-state index in [1.807, 2.05) is 5.32 Å². The summed E-state index contributed by atoms with van der Waals surface area (Å²) in [5.41, 5.74) is -2.15. The Labute approximate surface area is 243 Å². The number of piperidine rings is 1. The maximum absolute atomic E-state index is 12.6. The second kappa shape index (κ2) is 12.1. The molecular formula is C29H40ClF3N6O2. The van der Waals surface area contributed by atoms with Gasteiger partial charge in [-0.15, -0.1) is 0 Å². The minimum absolute atomic E-state index is 0.180. The predicted octanol–water partition coefficient (Wildman–Crippen LogP) is 4.99. The van der Waals surface area contributed by atoms with E-state index in [4.69, 9.17) is 11.6 Å². The van der Waals surface area contributed by atoms with Gasteiger partial charge in [0, 0.05) is 37.3 Å². The van der Waals surface area contributed by atoms with E-state index in [1.54, 1.807) is 6.07 Å². The summed E-state index contributed by atoms with van der Waals surface area (Å²) in [6, 6.07) is 3.40. The van der Waals surface area contributed by atoms with Crippen molar-refractivity contribution in [2.45, 2.75) is 89.6 Å². The van der Waals surface area contributed by atoms with Gasteiger partial charge >= 0.3 is 6.18 Å². The van der Waals surface area contributed by atoms with Crippen LogP contribution in [0.1, 0.15) is 59.3 Å². The van der Waals surface area contributed by atoms with Crippen molar-refractivity contribution < 1.29 is 13.2 Å². The number of nitrogens with one attached hydrogen (secondary N) is 2. The number of aromatic nitrogens is 1. The number of halogens is 4. The van der Waals surface area contributed by atoms with Crippen molar-refractivity contribution in [3.8, 4) is 0 Å². The van der Waals surface area contributed by atoms with Gasteiger partial charge in [0.05, 0.1) is 16.9 Å². The Morgan fingerprint density at radius 3 is 2.34 bits per heavy atom. The summed E-state index contributed by atoms with van der Waals surface area (Å²) in [6.07, 6.45) is 4.74. The summed E-state index contributed by atoms with van der Waals surface area (Å²) in [5.74, 6) is 1.46. The third kappa shape index (κ3) is 6.67. The zero-order chi connectivity index (χ0) is 29.5. The lowest BCUT2D eigenvalue weighted by atomic mass is 9.85. The first kappa shape index (κ1) is 30.1. The van der Waals surface area contributed by atoms with Crippen molar-refractivity contribution in [2.24, 2.45) is 5.92 Å². The van der Waals surface area contributed by atoms with Crippen LogP contribution in [-0.2, 0) is 0 Å². The van der Waals surface area contributed by atoms with E-state index in [0.717, 1.165) is 25.0 Å². The van der Waals surface area contributed by atoms with E-state index in [-0.39, 0.29) is 17.4 Å². The zero-order valence-corrected chi connectivity index (χ0v) is 24.7. The zero-order valence-electron chi connectivity index (χ0n) is 23.9. The molecule has 2 N–H and O–H groups in total. The lowest BCUT2D eigenvalue weighted by Gasteiger charge is -2.50. The number of hydrogen-bond donors (Lipinski definition) is 2. The fourth-order valence-electron chi connectivity index (χ4n) is 7.00. The summed E-state index contributed by atoms with van der Waals surface area (Å²) < 4.78 is 37.7. The minimum Gasteiger partial charge on any atom is -0.371 e. The topological polar surface area (TPSA) is 80.8 Å². The number of nitrogens with zero attached hydrogens (tertiary/aromatic N) is 4. The number of likely N-dealkylation sites (tertiary alicyclic amines) is 1. The highest BCUT2D eigenvalue weighted by Gasteiger charge is 2.37. The number of alkyl halides is 3. The summed E-state index contributed by atoms with van der Waals surface area (Å²) in [5, 5.41) is 5.08. The largest absolute Gasteiger partial charge is 0.405 e. The number of pyridine rings is 1. The third-order valence-electron chi connectivity index (χ3n) is 9.17. The Hall–Kier alpha value is -2.37. The average Bonchev–Trinajstić information content (AvgIpc) is 2.93. The highest BCUT2D eigenvalue weighted by molar-refractivity contribution is 6.33. The van der Waals surface area contributed by atoms with Gasteiger partial charge in [-0.25, -0.2) is 4.98 Å². The van der Waals surface area contributed by atoms with Gasteiger partial charge in [0.1, 0.15) is 23.7 Å². The fraction of sp³-hybridized carbons (Fsp3) is 0.690. The van der Waals surface area contributed by atoms with Crippen molar-refractivity contribution in [3.63, 3.8) is 0 Å². The van der Waals surface area contributed by atoms with Gasteiger partial charge in [-0.3, -0.25) is 14.5 Å². The summed E-state index contributed by atoms with van der Waals surface area (Å²) in [7, 11) is 0. The fourth-order valence-corrected chi connectivity index (χ4v) is 7.27. The molecule has 8 nitrogen and oxygen atoms in total. The Kier molecular flexibility index (Phi) is 8.87. The van der Waals surface area contributed by atoms with Crippen LogP contribution in [0.5, 0.6) is 0 Å². The Bertz CT molecular complexity index is 1290. The van der Waals surface area contributed by atoms with Gasteiger partial charge in [-0.1, -0.05) is 31.4 Å². The summed E-state index contributed by atoms with van der Waals surface area (Å²) >= 11 is 6.63. The predicted molar refractivity (Wildman–Crippen MR) is 157 cm³/mol. The van der Waals surface area contributed by atoms with Crippen molar-refractivity contribution in [2.75, 3.05) is 48.3 Å². The second-order valence-electron chi connectivity index (χ2n) is 12.3. The Morgan fingerprint density at radius 1 is 0.976 bits per heavy atom. The number of piperazine rings is 1. The summed E-state index contributed by atoms with van der Waals surface area (Å²) in [6.45, 7) is 9.41. The van der Waals surface area contributed by atoms with Crippen LogP contribution >= 0.6 is 11.6 Å². The molecule has 2 saturated heterocycles. The van der Waals surface area contributed by atoms with Gasteiger partial charge in [-0.2, -0.15) is 13.2 Å². The van der Waals surface area contributed by atoms with Crippen LogP contribution in [0.3, 0.4) is 0 Å². The molecular weight excluding hydrogens is 557 g/mol. The van der Waals surface area contributed by atoms with Gasteiger partial charge in [0.25, 0.3) is 10.9 Å². The highest BCUT2D eigenvalue weighted by Crippen LogP contribution is 2.34. The van der Waals surface area contributed by atoms with Crippen LogP contribution in [0.25, 0.3) is 0 Å². The molecule has 2 unspecified atom stereocenters. The molecule has 2 aromatic rings. The average molecular weight is 597 g/mol. The molecule has 2 aliphatic heterocycles. The molecule has 1 aromatic heterocycles. The molecule has 3 fully saturated rings. The van der Waals surface area contributed by atoms with Crippen molar-refractivity contribution in [1.82, 2.24) is 14.8 Å². The molecule has 0 spiro atoms. The summed E-state index contributed by atoms with van der Waals surface area (Å²) in [4.78, 5) is 35.9. The normalized spacial score (nSPS) is 27.3. The quantitative estimate of drug-likeness (QED) is 0.433. The molecule has 12 heteroatoms. The number of hydrogen-bond acceptors (Lipinski definition) is 8. The highest BCUT2D eigenvalue weighted by atomic mass is 35.5. The van der Waals surface area contributed by atoms with E-state index >= 15 is 0 Å². The molecule has 226 valence electrons. The molecule has 1 saturated carbocycles. The Balaban J connectivity index is 1.19. The van der Waals surface area contributed by atoms with Gasteiger partial charge in [0.15, 0.2) is 0 Å². The van der Waals surface area contributed by atoms with E-state index in [1.165, 1.54) is 57.8 Å². The van der Waals surface area contributed by atoms with Gasteiger partial charge in [0.2, 0.25) is 0 Å². The molecule has 1 aromatic carbocycles. The van der Waals surface area contributed by atoms with E-state index < -0.39 is 23.6 Å².